The number of rotatable bonds is 6. The van der Waals surface area contributed by atoms with Gasteiger partial charge in [-0.1, -0.05) is 18.2 Å². The van der Waals surface area contributed by atoms with Crippen LogP contribution in [0.3, 0.4) is 0 Å². The van der Waals surface area contributed by atoms with E-state index in [4.69, 9.17) is 5.11 Å². The standard InChI is InChI=1S/C10H14N2O5S/c1-8(13)6-11-18(16,17)7-9-4-2-3-5-10(9)12(14)15/h2-5,8,11,13H,6-7H2,1H3/t8-/m1/s1. The van der Waals surface area contributed by atoms with E-state index in [2.05, 4.69) is 4.72 Å². The lowest BCUT2D eigenvalue weighted by Gasteiger charge is -2.08. The topological polar surface area (TPSA) is 110 Å². The SMILES string of the molecule is C[C@@H](O)CNS(=O)(=O)Cc1ccccc1[N+](=O)[O-]. The van der Waals surface area contributed by atoms with E-state index in [0.29, 0.717) is 0 Å². The van der Waals surface area contributed by atoms with Crippen molar-refractivity contribution >= 4 is 15.7 Å². The van der Waals surface area contributed by atoms with Crippen LogP contribution in [0.25, 0.3) is 0 Å². The first-order valence-corrected chi connectivity index (χ1v) is 6.85. The molecule has 0 amide bonds. The van der Waals surface area contributed by atoms with Crippen LogP contribution < -0.4 is 4.72 Å². The van der Waals surface area contributed by atoms with Gasteiger partial charge < -0.3 is 5.11 Å². The molecule has 0 fully saturated rings. The number of benzene rings is 1. The van der Waals surface area contributed by atoms with Gasteiger partial charge in [-0.25, -0.2) is 13.1 Å². The van der Waals surface area contributed by atoms with Crippen LogP contribution in [0, 0.1) is 10.1 Å². The molecule has 8 heteroatoms. The molecule has 1 atom stereocenters. The molecule has 0 bridgehead atoms. The number of nitro groups is 1. The highest BCUT2D eigenvalue weighted by molar-refractivity contribution is 7.88. The number of hydrogen-bond donors (Lipinski definition) is 2. The number of aliphatic hydroxyl groups excluding tert-OH is 1. The Labute approximate surface area is 105 Å². The Morgan fingerprint density at radius 3 is 2.61 bits per heavy atom. The maximum Gasteiger partial charge on any atom is 0.273 e. The summed E-state index contributed by atoms with van der Waals surface area (Å²) in [5, 5.41) is 19.7. The zero-order chi connectivity index (χ0) is 13.8. The van der Waals surface area contributed by atoms with Crippen LogP contribution in [0.2, 0.25) is 0 Å². The third-order valence-electron chi connectivity index (χ3n) is 2.13. The number of para-hydroxylation sites is 1. The molecule has 7 nitrogen and oxygen atoms in total. The van der Waals surface area contributed by atoms with Crippen molar-refractivity contribution in [2.75, 3.05) is 6.54 Å². The highest BCUT2D eigenvalue weighted by Gasteiger charge is 2.19. The lowest BCUT2D eigenvalue weighted by molar-refractivity contribution is -0.385. The quantitative estimate of drug-likeness (QED) is 0.576. The third kappa shape index (κ3) is 4.40. The largest absolute Gasteiger partial charge is 0.392 e. The molecule has 1 rings (SSSR count). The predicted molar refractivity (Wildman–Crippen MR) is 65.4 cm³/mol. The Kier molecular flexibility index (Phi) is 4.76. The molecule has 18 heavy (non-hydrogen) atoms. The van der Waals surface area contributed by atoms with Crippen molar-refractivity contribution in [3.63, 3.8) is 0 Å². The van der Waals surface area contributed by atoms with Crippen LogP contribution in [-0.4, -0.2) is 31.1 Å². The third-order valence-corrected chi connectivity index (χ3v) is 3.43. The van der Waals surface area contributed by atoms with E-state index in [-0.39, 0.29) is 17.8 Å². The van der Waals surface area contributed by atoms with E-state index in [1.165, 1.54) is 31.2 Å². The minimum atomic E-state index is -3.70. The molecule has 1 aromatic rings. The van der Waals surface area contributed by atoms with E-state index in [1.807, 2.05) is 0 Å². The number of nitrogens with zero attached hydrogens (tertiary/aromatic N) is 1. The van der Waals surface area contributed by atoms with Gasteiger partial charge in [-0.2, -0.15) is 0 Å². The molecule has 100 valence electrons. The maximum atomic E-state index is 11.6. The van der Waals surface area contributed by atoms with Crippen molar-refractivity contribution in [3.05, 3.63) is 39.9 Å². The average Bonchev–Trinajstić information content (AvgIpc) is 2.26. The monoisotopic (exact) mass is 274 g/mol. The Bertz CT molecular complexity index is 527. The second-order valence-corrected chi connectivity index (χ2v) is 5.65. The number of nitrogens with one attached hydrogen (secondary N) is 1. The van der Waals surface area contributed by atoms with E-state index in [1.54, 1.807) is 0 Å². The van der Waals surface area contributed by atoms with E-state index in [9.17, 15) is 18.5 Å². The van der Waals surface area contributed by atoms with Crippen molar-refractivity contribution in [2.45, 2.75) is 18.8 Å². The van der Waals surface area contributed by atoms with Gasteiger partial charge in [0.25, 0.3) is 5.69 Å². The second kappa shape index (κ2) is 5.89. The van der Waals surface area contributed by atoms with Crippen molar-refractivity contribution in [1.29, 1.82) is 0 Å². The van der Waals surface area contributed by atoms with Crippen LogP contribution in [0.5, 0.6) is 0 Å². The Hall–Kier alpha value is -1.51. The van der Waals surface area contributed by atoms with E-state index < -0.39 is 26.8 Å². The van der Waals surface area contributed by atoms with E-state index >= 15 is 0 Å². The molecule has 0 spiro atoms. The molecule has 0 aliphatic rings. The molecular weight excluding hydrogens is 260 g/mol. The van der Waals surface area contributed by atoms with Gasteiger partial charge in [0.15, 0.2) is 0 Å². The summed E-state index contributed by atoms with van der Waals surface area (Å²) in [4.78, 5) is 10.1. The fraction of sp³-hybridized carbons (Fsp3) is 0.400. The molecular formula is C10H14N2O5S. The first kappa shape index (κ1) is 14.6. The zero-order valence-corrected chi connectivity index (χ0v) is 10.6. The summed E-state index contributed by atoms with van der Waals surface area (Å²) in [6, 6.07) is 5.64. The first-order valence-electron chi connectivity index (χ1n) is 5.19. The van der Waals surface area contributed by atoms with Crippen LogP contribution in [-0.2, 0) is 15.8 Å². The predicted octanol–water partition coefficient (Wildman–Crippen LogP) is 0.395. The smallest absolute Gasteiger partial charge is 0.273 e. The lowest BCUT2D eigenvalue weighted by Crippen LogP contribution is -2.31. The second-order valence-electron chi connectivity index (χ2n) is 3.84. The highest BCUT2D eigenvalue weighted by atomic mass is 32.2. The summed E-state index contributed by atoms with van der Waals surface area (Å²) in [6.07, 6.45) is -0.814. The van der Waals surface area contributed by atoms with Gasteiger partial charge in [-0.05, 0) is 6.92 Å². The number of nitro benzene ring substituents is 1. The molecule has 0 aromatic heterocycles. The molecule has 2 N–H and O–H groups in total. The Balaban J connectivity index is 2.87. The normalized spacial score (nSPS) is 13.2. The van der Waals surface area contributed by atoms with Gasteiger partial charge >= 0.3 is 0 Å². The zero-order valence-electron chi connectivity index (χ0n) is 9.74. The minimum Gasteiger partial charge on any atom is -0.392 e. The molecule has 0 saturated heterocycles. The molecule has 0 aliphatic heterocycles. The first-order chi connectivity index (χ1) is 8.32. The van der Waals surface area contributed by atoms with Gasteiger partial charge in [-0.15, -0.1) is 0 Å². The summed E-state index contributed by atoms with van der Waals surface area (Å²) >= 11 is 0. The minimum absolute atomic E-state index is 0.112. The van der Waals surface area contributed by atoms with Crippen molar-refractivity contribution in [1.82, 2.24) is 4.72 Å². The van der Waals surface area contributed by atoms with E-state index in [0.717, 1.165) is 0 Å². The van der Waals surface area contributed by atoms with Crippen molar-refractivity contribution in [3.8, 4) is 0 Å². The summed E-state index contributed by atoms with van der Waals surface area (Å²) in [5.74, 6) is -0.489. The molecule has 0 aliphatic carbocycles. The van der Waals surface area contributed by atoms with Crippen molar-refractivity contribution < 1.29 is 18.4 Å². The fourth-order valence-electron chi connectivity index (χ4n) is 1.31. The molecule has 1 aromatic carbocycles. The fourth-order valence-corrected chi connectivity index (χ4v) is 2.57. The molecule has 0 saturated carbocycles. The van der Waals surface area contributed by atoms with Gasteiger partial charge in [-0.3, -0.25) is 10.1 Å². The van der Waals surface area contributed by atoms with Gasteiger partial charge in [0.1, 0.15) is 0 Å². The summed E-state index contributed by atoms with van der Waals surface area (Å²) in [6.45, 7) is 1.32. The average molecular weight is 274 g/mol. The summed E-state index contributed by atoms with van der Waals surface area (Å²) in [7, 11) is -3.70. The number of aliphatic hydroxyl groups is 1. The summed E-state index contributed by atoms with van der Waals surface area (Å²) in [5.41, 5.74) is -0.125. The highest BCUT2D eigenvalue weighted by Crippen LogP contribution is 2.19. The Morgan fingerprint density at radius 2 is 2.06 bits per heavy atom. The van der Waals surface area contributed by atoms with Gasteiger partial charge in [0.2, 0.25) is 10.0 Å². The number of sulfonamides is 1. The lowest BCUT2D eigenvalue weighted by atomic mass is 10.2. The summed E-state index contributed by atoms with van der Waals surface area (Å²) < 4.78 is 25.4. The van der Waals surface area contributed by atoms with Crippen LogP contribution in [0.15, 0.2) is 24.3 Å². The van der Waals surface area contributed by atoms with Crippen LogP contribution >= 0.6 is 0 Å². The molecule has 0 radical (unpaired) electrons. The van der Waals surface area contributed by atoms with Gasteiger partial charge in [0.05, 0.1) is 16.8 Å². The Morgan fingerprint density at radius 1 is 1.44 bits per heavy atom. The maximum absolute atomic E-state index is 11.6. The molecule has 0 heterocycles. The van der Waals surface area contributed by atoms with Gasteiger partial charge in [0, 0.05) is 18.2 Å². The molecule has 0 unspecified atom stereocenters. The van der Waals surface area contributed by atoms with Crippen LogP contribution in [0.1, 0.15) is 12.5 Å². The van der Waals surface area contributed by atoms with Crippen molar-refractivity contribution in [2.24, 2.45) is 0 Å². The van der Waals surface area contributed by atoms with Crippen LogP contribution in [0.4, 0.5) is 5.69 Å². The number of hydrogen-bond acceptors (Lipinski definition) is 5.